The predicted molar refractivity (Wildman–Crippen MR) is 112 cm³/mol. The summed E-state index contributed by atoms with van der Waals surface area (Å²) < 4.78 is 19.8. The number of aromatic nitrogens is 1. The van der Waals surface area contributed by atoms with E-state index in [0.29, 0.717) is 30.1 Å². The summed E-state index contributed by atoms with van der Waals surface area (Å²) in [6, 6.07) is 16.5. The van der Waals surface area contributed by atoms with Gasteiger partial charge in [-0.15, -0.1) is 0 Å². The quantitative estimate of drug-likeness (QED) is 0.390. The molecule has 0 aliphatic heterocycles. The number of carboxylic acid groups (broad SMARTS) is 1. The number of aliphatic carboxylic acids is 1. The standard InChI is InChI=1S/C22H23FN4O3/c1-24-22(26-14-21(28)29)25-13-18-12-17(27-30-18)9-7-15-8-10-19(20(23)11-15)16-5-3-2-4-6-16/h2-6,8,10-12H,7,9,13-14H2,1H3,(H,28,29)(H2,24,25,26). The fraction of sp³-hybridized carbons (Fsp3) is 0.227. The van der Waals surface area contributed by atoms with Crippen LogP contribution in [0.1, 0.15) is 17.0 Å². The zero-order valence-electron chi connectivity index (χ0n) is 16.6. The average Bonchev–Trinajstić information content (AvgIpc) is 3.21. The van der Waals surface area contributed by atoms with Crippen LogP contribution < -0.4 is 10.6 Å². The number of aryl methyl sites for hydroxylation is 2. The molecule has 3 rings (SSSR count). The largest absolute Gasteiger partial charge is 0.480 e. The highest BCUT2D eigenvalue weighted by atomic mass is 19.1. The van der Waals surface area contributed by atoms with Gasteiger partial charge in [-0.3, -0.25) is 4.79 Å². The van der Waals surface area contributed by atoms with E-state index >= 15 is 0 Å². The molecule has 0 saturated carbocycles. The van der Waals surface area contributed by atoms with Crippen molar-refractivity contribution >= 4 is 11.9 Å². The maximum Gasteiger partial charge on any atom is 0.322 e. The monoisotopic (exact) mass is 410 g/mol. The SMILES string of the molecule is CNC(=NCc1cc(CCc2ccc(-c3ccccc3)c(F)c2)no1)NCC(=O)O. The predicted octanol–water partition coefficient (Wildman–Crippen LogP) is 3.02. The van der Waals surface area contributed by atoms with Crippen molar-refractivity contribution < 1.29 is 18.8 Å². The summed E-state index contributed by atoms with van der Waals surface area (Å²) in [5.41, 5.74) is 3.06. The first kappa shape index (κ1) is 21.0. The van der Waals surface area contributed by atoms with Crippen LogP contribution in [0.15, 0.2) is 64.1 Å². The number of rotatable bonds is 8. The molecule has 0 aliphatic carbocycles. The summed E-state index contributed by atoms with van der Waals surface area (Å²) in [6.07, 6.45) is 1.23. The summed E-state index contributed by atoms with van der Waals surface area (Å²) in [4.78, 5) is 14.8. The molecule has 0 unspecified atom stereocenters. The van der Waals surface area contributed by atoms with E-state index in [1.54, 1.807) is 25.2 Å². The van der Waals surface area contributed by atoms with Crippen molar-refractivity contribution in [3.8, 4) is 11.1 Å². The van der Waals surface area contributed by atoms with Gasteiger partial charge in [0.2, 0.25) is 0 Å². The lowest BCUT2D eigenvalue weighted by atomic mass is 10.0. The fourth-order valence-electron chi connectivity index (χ4n) is 2.93. The molecule has 156 valence electrons. The third-order valence-corrected chi connectivity index (χ3v) is 4.43. The first-order chi connectivity index (χ1) is 14.5. The molecule has 0 atom stereocenters. The number of benzene rings is 2. The normalized spacial score (nSPS) is 11.3. The van der Waals surface area contributed by atoms with Crippen molar-refractivity contribution in [3.05, 3.63) is 77.4 Å². The van der Waals surface area contributed by atoms with Crippen molar-refractivity contribution in [1.29, 1.82) is 0 Å². The maximum atomic E-state index is 14.5. The van der Waals surface area contributed by atoms with Crippen molar-refractivity contribution in [1.82, 2.24) is 15.8 Å². The summed E-state index contributed by atoms with van der Waals surface area (Å²) in [7, 11) is 1.64. The first-order valence-corrected chi connectivity index (χ1v) is 9.51. The molecule has 7 nitrogen and oxygen atoms in total. The Kier molecular flexibility index (Phi) is 7.15. The lowest BCUT2D eigenvalue weighted by molar-refractivity contribution is -0.135. The Balaban J connectivity index is 1.56. The minimum absolute atomic E-state index is 0.218. The molecule has 0 fully saturated rings. The van der Waals surface area contributed by atoms with E-state index in [-0.39, 0.29) is 18.9 Å². The van der Waals surface area contributed by atoms with Crippen LogP contribution in [0.2, 0.25) is 0 Å². The minimum atomic E-state index is -0.979. The van der Waals surface area contributed by atoms with Crippen molar-refractivity contribution in [2.24, 2.45) is 4.99 Å². The van der Waals surface area contributed by atoms with Gasteiger partial charge in [-0.2, -0.15) is 0 Å². The van der Waals surface area contributed by atoms with Crippen molar-refractivity contribution in [3.63, 3.8) is 0 Å². The minimum Gasteiger partial charge on any atom is -0.480 e. The van der Waals surface area contributed by atoms with Crippen LogP contribution in [-0.4, -0.2) is 35.8 Å². The van der Waals surface area contributed by atoms with Crippen LogP contribution in [0, 0.1) is 5.82 Å². The lowest BCUT2D eigenvalue weighted by Crippen LogP contribution is -2.38. The van der Waals surface area contributed by atoms with E-state index in [2.05, 4.69) is 20.8 Å². The molecule has 0 saturated heterocycles. The molecule has 3 N–H and O–H groups in total. The van der Waals surface area contributed by atoms with Crippen LogP contribution in [0.5, 0.6) is 0 Å². The van der Waals surface area contributed by atoms with Gasteiger partial charge in [0.15, 0.2) is 11.7 Å². The molecule has 1 heterocycles. The maximum absolute atomic E-state index is 14.5. The van der Waals surface area contributed by atoms with Gasteiger partial charge in [0.05, 0.1) is 5.69 Å². The lowest BCUT2D eigenvalue weighted by Gasteiger charge is -2.06. The third-order valence-electron chi connectivity index (χ3n) is 4.43. The number of guanidine groups is 1. The van der Waals surface area contributed by atoms with Gasteiger partial charge in [-0.1, -0.05) is 47.6 Å². The fourth-order valence-corrected chi connectivity index (χ4v) is 2.93. The number of hydrogen-bond acceptors (Lipinski definition) is 4. The van der Waals surface area contributed by atoms with Crippen molar-refractivity contribution in [2.45, 2.75) is 19.4 Å². The van der Waals surface area contributed by atoms with Crippen LogP contribution in [-0.2, 0) is 24.2 Å². The summed E-state index contributed by atoms with van der Waals surface area (Å²) in [5, 5.41) is 18.2. The van der Waals surface area contributed by atoms with Gasteiger partial charge in [0, 0.05) is 18.7 Å². The third kappa shape index (κ3) is 5.91. The van der Waals surface area contributed by atoms with Crippen molar-refractivity contribution in [2.75, 3.05) is 13.6 Å². The molecular formula is C22H23FN4O3. The zero-order chi connectivity index (χ0) is 21.3. The summed E-state index contributed by atoms with van der Waals surface area (Å²) in [6.45, 7) is -0.0167. The molecule has 1 aromatic heterocycles. The molecule has 2 aromatic carbocycles. The van der Waals surface area contributed by atoms with E-state index < -0.39 is 5.97 Å². The van der Waals surface area contributed by atoms with Gasteiger partial charge < -0.3 is 20.3 Å². The van der Waals surface area contributed by atoms with Gasteiger partial charge >= 0.3 is 5.97 Å². The summed E-state index contributed by atoms with van der Waals surface area (Å²) >= 11 is 0. The number of aliphatic imine (C=N–C) groups is 1. The average molecular weight is 410 g/mol. The molecular weight excluding hydrogens is 387 g/mol. The van der Waals surface area contributed by atoms with Gasteiger partial charge in [-0.25, -0.2) is 9.38 Å². The molecule has 0 bridgehead atoms. The first-order valence-electron chi connectivity index (χ1n) is 9.51. The van der Waals surface area contributed by atoms with E-state index in [4.69, 9.17) is 9.63 Å². The highest BCUT2D eigenvalue weighted by molar-refractivity contribution is 5.83. The molecule has 3 aromatic rings. The Hall–Kier alpha value is -3.68. The topological polar surface area (TPSA) is 99.8 Å². The van der Waals surface area contributed by atoms with Gasteiger partial charge in [-0.05, 0) is 30.0 Å². The number of nitrogens with one attached hydrogen (secondary N) is 2. The second-order valence-electron chi connectivity index (χ2n) is 6.63. The van der Waals surface area contributed by atoms with E-state index in [9.17, 15) is 9.18 Å². The summed E-state index contributed by atoms with van der Waals surface area (Å²) in [5.74, 6) is -0.319. The number of halogens is 1. The van der Waals surface area contributed by atoms with Gasteiger partial charge in [0.1, 0.15) is 18.9 Å². The smallest absolute Gasteiger partial charge is 0.322 e. The van der Waals surface area contributed by atoms with Gasteiger partial charge in [0.25, 0.3) is 0 Å². The number of carbonyl (C=O) groups is 1. The molecule has 30 heavy (non-hydrogen) atoms. The van der Waals surface area contributed by atoms with E-state index in [1.165, 1.54) is 0 Å². The molecule has 0 spiro atoms. The van der Waals surface area contributed by atoms with Crippen LogP contribution >= 0.6 is 0 Å². The molecule has 0 radical (unpaired) electrons. The number of hydrogen-bond donors (Lipinski definition) is 3. The zero-order valence-corrected chi connectivity index (χ0v) is 16.6. The molecule has 8 heteroatoms. The highest BCUT2D eigenvalue weighted by Gasteiger charge is 2.09. The second kappa shape index (κ2) is 10.2. The number of carboxylic acids is 1. The Labute approximate surface area is 173 Å². The molecule has 0 aliphatic rings. The second-order valence-corrected chi connectivity index (χ2v) is 6.63. The Bertz CT molecular complexity index is 1020. The van der Waals surface area contributed by atoms with Crippen LogP contribution in [0.4, 0.5) is 4.39 Å². The van der Waals surface area contributed by atoms with Crippen LogP contribution in [0.25, 0.3) is 11.1 Å². The Morgan fingerprint density at radius 2 is 1.97 bits per heavy atom. The van der Waals surface area contributed by atoms with E-state index in [1.807, 2.05) is 36.4 Å². The van der Waals surface area contributed by atoms with Crippen LogP contribution in [0.3, 0.4) is 0 Å². The number of nitrogens with zero attached hydrogens (tertiary/aromatic N) is 2. The highest BCUT2D eigenvalue weighted by Crippen LogP contribution is 2.24. The Morgan fingerprint density at radius 3 is 2.67 bits per heavy atom. The Morgan fingerprint density at radius 1 is 1.17 bits per heavy atom. The molecule has 0 amide bonds. The van der Waals surface area contributed by atoms with E-state index in [0.717, 1.165) is 16.8 Å².